The van der Waals surface area contributed by atoms with Crippen molar-refractivity contribution in [2.24, 2.45) is 0 Å². The van der Waals surface area contributed by atoms with Crippen LogP contribution in [0.1, 0.15) is 34.5 Å². The summed E-state index contributed by atoms with van der Waals surface area (Å²) in [7, 11) is 0. The number of ether oxygens (including phenoxy) is 1. The van der Waals surface area contributed by atoms with Crippen LogP contribution in [0.5, 0.6) is 5.88 Å². The van der Waals surface area contributed by atoms with E-state index in [9.17, 15) is 14.4 Å². The van der Waals surface area contributed by atoms with Crippen LogP contribution in [0.15, 0.2) is 24.3 Å². The molecule has 2 aromatic rings. The molecule has 1 aromatic carbocycles. The summed E-state index contributed by atoms with van der Waals surface area (Å²) in [4.78, 5) is 44.4. The predicted molar refractivity (Wildman–Crippen MR) is 117 cm³/mol. The Balaban J connectivity index is 1.40. The predicted octanol–water partition coefficient (Wildman–Crippen LogP) is 3.07. The molecule has 1 aliphatic heterocycles. The number of rotatable bonds is 5. The Morgan fingerprint density at radius 1 is 1.13 bits per heavy atom. The molecule has 2 fully saturated rings. The van der Waals surface area contributed by atoms with Crippen LogP contribution in [-0.4, -0.2) is 59.9 Å². The summed E-state index contributed by atoms with van der Waals surface area (Å²) < 4.78 is 5.31. The summed E-state index contributed by atoms with van der Waals surface area (Å²) in [5.74, 6) is -0.956. The Morgan fingerprint density at radius 3 is 2.48 bits per heavy atom. The molecule has 0 bridgehead atoms. The largest absolute Gasteiger partial charge is 0.414 e. The maximum atomic E-state index is 13.0. The summed E-state index contributed by atoms with van der Waals surface area (Å²) in [5, 5.41) is 3.39. The number of carbonyl (C=O) groups is 3. The lowest BCUT2D eigenvalue weighted by atomic mass is 10.1. The molecule has 2 heterocycles. The van der Waals surface area contributed by atoms with Crippen molar-refractivity contribution in [3.8, 4) is 5.88 Å². The van der Waals surface area contributed by atoms with E-state index in [-0.39, 0.29) is 17.5 Å². The third kappa shape index (κ3) is 4.69. The van der Waals surface area contributed by atoms with Gasteiger partial charge in [0, 0.05) is 54.2 Å². The highest BCUT2D eigenvalue weighted by Gasteiger charge is 2.31. The average molecular weight is 445 g/mol. The molecular weight excluding hydrogens is 420 g/mol. The number of hydrogen-bond acceptors (Lipinski definition) is 5. The molecule has 2 amide bonds. The molecule has 8 nitrogen and oxygen atoms in total. The molecule has 1 aromatic heterocycles. The van der Waals surface area contributed by atoms with Crippen LogP contribution in [0.25, 0.3) is 0 Å². The van der Waals surface area contributed by atoms with Crippen molar-refractivity contribution >= 4 is 35.1 Å². The molecule has 2 N–H and O–H groups in total. The highest BCUT2D eigenvalue weighted by Crippen LogP contribution is 2.27. The first-order valence-corrected chi connectivity index (χ1v) is 10.7. The van der Waals surface area contributed by atoms with Gasteiger partial charge < -0.3 is 24.8 Å². The van der Waals surface area contributed by atoms with Gasteiger partial charge in [0.2, 0.25) is 5.88 Å². The number of piperazine rings is 1. The molecular formula is C22H25ClN4O4. The Morgan fingerprint density at radius 2 is 1.84 bits per heavy atom. The molecule has 0 atom stereocenters. The minimum Gasteiger partial charge on any atom is -0.393 e. The number of carbonyl (C=O) groups excluding carboxylic acids is 3. The first kappa shape index (κ1) is 21.2. The van der Waals surface area contributed by atoms with Crippen LogP contribution in [0, 0.1) is 13.8 Å². The monoisotopic (exact) mass is 444 g/mol. The Hall–Kier alpha value is -3.00. The second-order valence-electron chi connectivity index (χ2n) is 7.98. The maximum absolute atomic E-state index is 13.0. The van der Waals surface area contributed by atoms with E-state index in [1.54, 1.807) is 18.7 Å². The molecule has 1 saturated carbocycles. The number of aromatic amines is 1. The van der Waals surface area contributed by atoms with Gasteiger partial charge in [-0.3, -0.25) is 9.59 Å². The van der Waals surface area contributed by atoms with Gasteiger partial charge in [0.1, 0.15) is 0 Å². The Kier molecular flexibility index (Phi) is 5.91. The van der Waals surface area contributed by atoms with Crippen molar-refractivity contribution in [2.45, 2.75) is 32.7 Å². The molecule has 1 aliphatic carbocycles. The van der Waals surface area contributed by atoms with Crippen LogP contribution < -0.4 is 15.0 Å². The van der Waals surface area contributed by atoms with Gasteiger partial charge in [-0.15, -0.1) is 0 Å². The van der Waals surface area contributed by atoms with Gasteiger partial charge in [-0.1, -0.05) is 17.7 Å². The van der Waals surface area contributed by atoms with E-state index in [1.165, 1.54) is 0 Å². The average Bonchev–Trinajstić information content (AvgIpc) is 3.51. The third-order valence-electron chi connectivity index (χ3n) is 5.65. The number of halogens is 1. The number of nitrogens with zero attached hydrogens (tertiary/aromatic N) is 2. The summed E-state index contributed by atoms with van der Waals surface area (Å²) in [6, 6.07) is 7.73. The van der Waals surface area contributed by atoms with E-state index in [1.807, 2.05) is 24.3 Å². The highest BCUT2D eigenvalue weighted by atomic mass is 35.5. The van der Waals surface area contributed by atoms with E-state index in [0.717, 1.165) is 18.5 Å². The van der Waals surface area contributed by atoms with Gasteiger partial charge in [0.05, 0.1) is 5.56 Å². The first-order chi connectivity index (χ1) is 14.8. The SMILES string of the molecule is Cc1[nH]c(OC(=O)NC2CC2)c(C)c1C(=O)C(=O)N1CCN(c2cccc(Cl)c2)CC1. The van der Waals surface area contributed by atoms with Crippen molar-refractivity contribution in [1.82, 2.24) is 15.2 Å². The summed E-state index contributed by atoms with van der Waals surface area (Å²) in [5.41, 5.74) is 2.22. The number of hydrogen-bond donors (Lipinski definition) is 2. The number of nitrogens with one attached hydrogen (secondary N) is 2. The van der Waals surface area contributed by atoms with E-state index >= 15 is 0 Å². The Bertz CT molecular complexity index is 1020. The molecule has 4 rings (SSSR count). The summed E-state index contributed by atoms with van der Waals surface area (Å²) in [6.45, 7) is 5.46. The molecule has 1 saturated heterocycles. The number of amides is 2. The first-order valence-electron chi connectivity index (χ1n) is 10.3. The standard InChI is InChI=1S/C22H25ClN4O4/c1-13-18(14(2)24-20(13)31-22(30)25-16-6-7-16)19(28)21(29)27-10-8-26(9-11-27)17-5-3-4-15(23)12-17/h3-5,12,16,24H,6-11H2,1-2H3,(H,25,30). The molecule has 9 heteroatoms. The minimum atomic E-state index is -0.597. The maximum Gasteiger partial charge on any atom is 0.414 e. The van der Waals surface area contributed by atoms with Gasteiger partial charge in [0.15, 0.2) is 0 Å². The van der Waals surface area contributed by atoms with Crippen LogP contribution in [-0.2, 0) is 4.79 Å². The number of aromatic nitrogens is 1. The van der Waals surface area contributed by atoms with Crippen molar-refractivity contribution in [1.29, 1.82) is 0 Å². The number of aryl methyl sites for hydroxylation is 1. The van der Waals surface area contributed by atoms with Crippen LogP contribution in [0.3, 0.4) is 0 Å². The van der Waals surface area contributed by atoms with Crippen molar-refractivity contribution in [3.63, 3.8) is 0 Å². The smallest absolute Gasteiger partial charge is 0.393 e. The van der Waals surface area contributed by atoms with Crippen molar-refractivity contribution < 1.29 is 19.1 Å². The number of ketones is 1. The molecule has 2 aliphatic rings. The number of anilines is 1. The summed E-state index contributed by atoms with van der Waals surface area (Å²) in [6.07, 6.45) is 1.33. The van der Waals surface area contributed by atoms with Crippen molar-refractivity contribution in [2.75, 3.05) is 31.1 Å². The molecule has 164 valence electrons. The van der Waals surface area contributed by atoms with Crippen LogP contribution >= 0.6 is 11.6 Å². The van der Waals surface area contributed by atoms with Crippen LogP contribution in [0.4, 0.5) is 10.5 Å². The highest BCUT2D eigenvalue weighted by molar-refractivity contribution is 6.43. The minimum absolute atomic E-state index is 0.164. The summed E-state index contributed by atoms with van der Waals surface area (Å²) >= 11 is 6.07. The van der Waals surface area contributed by atoms with E-state index < -0.39 is 17.8 Å². The van der Waals surface area contributed by atoms with Gasteiger partial charge >= 0.3 is 6.09 Å². The lowest BCUT2D eigenvalue weighted by Crippen LogP contribution is -2.50. The quantitative estimate of drug-likeness (QED) is 0.546. The number of Topliss-reactive ketones (excluding diaryl/α,β-unsaturated/α-hetero) is 1. The van der Waals surface area contributed by atoms with E-state index in [2.05, 4.69) is 15.2 Å². The van der Waals surface area contributed by atoms with Gasteiger partial charge in [-0.25, -0.2) is 4.79 Å². The molecule has 31 heavy (non-hydrogen) atoms. The zero-order valence-corrected chi connectivity index (χ0v) is 18.3. The fourth-order valence-electron chi connectivity index (χ4n) is 3.77. The van der Waals surface area contributed by atoms with Crippen molar-refractivity contribution in [3.05, 3.63) is 46.1 Å². The molecule has 0 radical (unpaired) electrons. The van der Waals surface area contributed by atoms with Gasteiger partial charge in [-0.05, 0) is 44.9 Å². The fraction of sp³-hybridized carbons (Fsp3) is 0.409. The van der Waals surface area contributed by atoms with Crippen LogP contribution in [0.2, 0.25) is 5.02 Å². The van der Waals surface area contributed by atoms with Gasteiger partial charge in [0.25, 0.3) is 11.7 Å². The molecule has 0 spiro atoms. The van der Waals surface area contributed by atoms with E-state index in [0.29, 0.717) is 42.5 Å². The lowest BCUT2D eigenvalue weighted by molar-refractivity contribution is -0.126. The van der Waals surface area contributed by atoms with E-state index in [4.69, 9.17) is 16.3 Å². The lowest BCUT2D eigenvalue weighted by Gasteiger charge is -2.35. The Labute approximate surface area is 185 Å². The fourth-order valence-corrected chi connectivity index (χ4v) is 3.96. The zero-order valence-electron chi connectivity index (χ0n) is 17.5. The number of H-pyrrole nitrogens is 1. The second-order valence-corrected chi connectivity index (χ2v) is 8.41. The zero-order chi connectivity index (χ0) is 22.1. The normalized spacial score (nSPS) is 16.2. The third-order valence-corrected chi connectivity index (χ3v) is 5.88. The molecule has 0 unspecified atom stereocenters. The second kappa shape index (κ2) is 8.63. The van der Waals surface area contributed by atoms with Gasteiger partial charge in [-0.2, -0.15) is 0 Å². The topological polar surface area (TPSA) is 94.7 Å². The number of benzene rings is 1.